The summed E-state index contributed by atoms with van der Waals surface area (Å²) < 4.78 is 6.13. The van der Waals surface area contributed by atoms with E-state index in [4.69, 9.17) is 4.74 Å². The summed E-state index contributed by atoms with van der Waals surface area (Å²) in [6.45, 7) is 4.11. The van der Waals surface area contributed by atoms with E-state index in [1.807, 2.05) is 36.4 Å². The highest BCUT2D eigenvalue weighted by Gasteiger charge is 2.47. The molecule has 2 atom stereocenters. The van der Waals surface area contributed by atoms with Gasteiger partial charge < -0.3 is 4.74 Å². The van der Waals surface area contributed by atoms with Gasteiger partial charge in [-0.1, -0.05) is 24.3 Å². The van der Waals surface area contributed by atoms with E-state index in [9.17, 15) is 9.59 Å². The molecule has 0 bridgehead atoms. The predicted octanol–water partition coefficient (Wildman–Crippen LogP) is 3.25. The minimum absolute atomic E-state index is 0.0586. The number of nitrogens with zero attached hydrogens (tertiary/aromatic N) is 1. The molecule has 4 nitrogen and oxygen atoms in total. The summed E-state index contributed by atoms with van der Waals surface area (Å²) in [4.78, 5) is 26.4. The van der Waals surface area contributed by atoms with E-state index in [0.717, 1.165) is 18.5 Å². The maximum atomic E-state index is 13.1. The Hall–Kier alpha value is -2.20. The highest BCUT2D eigenvalue weighted by atomic mass is 16.5. The molecule has 1 aromatic rings. The van der Waals surface area contributed by atoms with Crippen molar-refractivity contribution in [1.82, 2.24) is 0 Å². The Morgan fingerprint density at radius 3 is 2.74 bits per heavy atom. The second kappa shape index (κ2) is 6.50. The number of rotatable bonds is 4. The zero-order chi connectivity index (χ0) is 16.3. The molecule has 4 heteroatoms. The van der Waals surface area contributed by atoms with Gasteiger partial charge in [-0.05, 0) is 37.1 Å². The van der Waals surface area contributed by atoms with Gasteiger partial charge in [-0.3, -0.25) is 14.5 Å². The number of amides is 1. The maximum absolute atomic E-state index is 13.1. The summed E-state index contributed by atoms with van der Waals surface area (Å²) in [5.74, 6) is -0.0402. The zero-order valence-corrected chi connectivity index (χ0v) is 13.1. The molecule has 1 aliphatic heterocycles. The molecule has 3 rings (SSSR count). The third-order valence-corrected chi connectivity index (χ3v) is 4.48. The maximum Gasteiger partial charge on any atom is 0.235 e. The van der Waals surface area contributed by atoms with Gasteiger partial charge in [-0.25, -0.2) is 0 Å². The lowest BCUT2D eigenvalue weighted by Gasteiger charge is -2.48. The van der Waals surface area contributed by atoms with Crippen LogP contribution >= 0.6 is 0 Å². The van der Waals surface area contributed by atoms with Crippen molar-refractivity contribution in [3.05, 3.63) is 55.1 Å². The largest absolute Gasteiger partial charge is 0.351 e. The number of carbonyl (C=O) groups excluding carboxylic acids is 2. The van der Waals surface area contributed by atoms with Crippen molar-refractivity contribution >= 4 is 17.4 Å². The lowest BCUT2D eigenvalue weighted by atomic mass is 9.90. The SMILES string of the molecule is C=CCCC1COC2(C=CC(=O)CC2)N(c2ccccc2)C1=O. The Morgan fingerprint density at radius 2 is 2.09 bits per heavy atom. The molecule has 1 spiro atoms. The highest BCUT2D eigenvalue weighted by Crippen LogP contribution is 2.38. The average molecular weight is 311 g/mol. The van der Waals surface area contributed by atoms with Crippen LogP contribution in [0.5, 0.6) is 0 Å². The van der Waals surface area contributed by atoms with Crippen LogP contribution in [-0.4, -0.2) is 24.0 Å². The van der Waals surface area contributed by atoms with Gasteiger partial charge in [0.05, 0.1) is 12.5 Å². The van der Waals surface area contributed by atoms with Crippen LogP contribution in [0.2, 0.25) is 0 Å². The number of carbonyl (C=O) groups is 2. The van der Waals surface area contributed by atoms with Crippen LogP contribution in [-0.2, 0) is 14.3 Å². The van der Waals surface area contributed by atoms with Crippen molar-refractivity contribution in [2.75, 3.05) is 11.5 Å². The fourth-order valence-electron chi connectivity index (χ4n) is 3.20. The number of para-hydroxylation sites is 1. The van der Waals surface area contributed by atoms with E-state index in [1.165, 1.54) is 6.08 Å². The van der Waals surface area contributed by atoms with Crippen molar-refractivity contribution in [3.8, 4) is 0 Å². The van der Waals surface area contributed by atoms with Gasteiger partial charge in [0, 0.05) is 18.5 Å². The molecule has 0 N–H and O–H groups in total. The van der Waals surface area contributed by atoms with Crippen LogP contribution in [0.3, 0.4) is 0 Å². The molecule has 2 aliphatic rings. The second-order valence-electron chi connectivity index (χ2n) is 6.03. The number of benzene rings is 1. The van der Waals surface area contributed by atoms with E-state index < -0.39 is 5.72 Å². The predicted molar refractivity (Wildman–Crippen MR) is 88.9 cm³/mol. The molecule has 0 radical (unpaired) electrons. The summed E-state index contributed by atoms with van der Waals surface area (Å²) in [6.07, 6.45) is 7.50. The molecule has 1 aromatic carbocycles. The van der Waals surface area contributed by atoms with Gasteiger partial charge in [0.15, 0.2) is 11.5 Å². The molecule has 1 aliphatic carbocycles. The molecule has 23 heavy (non-hydrogen) atoms. The molecule has 0 saturated carbocycles. The van der Waals surface area contributed by atoms with Crippen molar-refractivity contribution in [3.63, 3.8) is 0 Å². The Morgan fingerprint density at radius 1 is 1.30 bits per heavy atom. The third kappa shape index (κ3) is 2.99. The number of hydrogen-bond acceptors (Lipinski definition) is 3. The summed E-state index contributed by atoms with van der Waals surface area (Å²) in [5.41, 5.74) is -0.0309. The summed E-state index contributed by atoms with van der Waals surface area (Å²) in [6, 6.07) is 9.54. The number of ether oxygens (including phenoxy) is 1. The molecule has 1 amide bonds. The smallest absolute Gasteiger partial charge is 0.235 e. The van der Waals surface area contributed by atoms with Crippen LogP contribution in [0, 0.1) is 5.92 Å². The lowest BCUT2D eigenvalue weighted by molar-refractivity contribution is -0.145. The topological polar surface area (TPSA) is 46.6 Å². The molecule has 2 unspecified atom stereocenters. The normalized spacial score (nSPS) is 27.5. The summed E-state index contributed by atoms with van der Waals surface area (Å²) >= 11 is 0. The minimum Gasteiger partial charge on any atom is -0.351 e. The first-order valence-electron chi connectivity index (χ1n) is 8.02. The lowest BCUT2D eigenvalue weighted by Crippen LogP contribution is -2.60. The molecular weight excluding hydrogens is 290 g/mol. The van der Waals surface area contributed by atoms with Gasteiger partial charge in [-0.2, -0.15) is 0 Å². The fraction of sp³-hybridized carbons (Fsp3) is 0.368. The minimum atomic E-state index is -0.836. The number of allylic oxidation sites excluding steroid dienone is 2. The molecule has 120 valence electrons. The zero-order valence-electron chi connectivity index (χ0n) is 13.1. The van der Waals surface area contributed by atoms with Crippen molar-refractivity contribution < 1.29 is 14.3 Å². The van der Waals surface area contributed by atoms with Gasteiger partial charge >= 0.3 is 0 Å². The van der Waals surface area contributed by atoms with Crippen LogP contribution in [0.15, 0.2) is 55.1 Å². The van der Waals surface area contributed by atoms with Gasteiger partial charge in [0.25, 0.3) is 0 Å². The monoisotopic (exact) mass is 311 g/mol. The van der Waals surface area contributed by atoms with Crippen molar-refractivity contribution in [1.29, 1.82) is 0 Å². The molecule has 1 heterocycles. The molecule has 1 saturated heterocycles. The number of ketones is 1. The van der Waals surface area contributed by atoms with Gasteiger partial charge in [0.1, 0.15) is 0 Å². The van der Waals surface area contributed by atoms with Gasteiger partial charge in [-0.15, -0.1) is 6.58 Å². The van der Waals surface area contributed by atoms with E-state index >= 15 is 0 Å². The van der Waals surface area contributed by atoms with Gasteiger partial charge in [0.2, 0.25) is 5.91 Å². The fourth-order valence-corrected chi connectivity index (χ4v) is 3.20. The molecule has 0 aromatic heterocycles. The average Bonchev–Trinajstić information content (AvgIpc) is 2.58. The van der Waals surface area contributed by atoms with E-state index in [-0.39, 0.29) is 17.6 Å². The molecule has 1 fully saturated rings. The first-order chi connectivity index (χ1) is 11.2. The number of anilines is 1. The van der Waals surface area contributed by atoms with E-state index in [2.05, 4.69) is 6.58 Å². The Labute approximate surface area is 136 Å². The van der Waals surface area contributed by atoms with Crippen molar-refractivity contribution in [2.45, 2.75) is 31.4 Å². The highest BCUT2D eigenvalue weighted by molar-refractivity contribution is 5.99. The van der Waals surface area contributed by atoms with Crippen LogP contribution < -0.4 is 4.90 Å². The van der Waals surface area contributed by atoms with Crippen LogP contribution in [0.4, 0.5) is 5.69 Å². The Balaban J connectivity index is 1.97. The molecular formula is C19H21NO3. The first-order valence-corrected chi connectivity index (χ1v) is 8.02. The standard InChI is InChI=1S/C19H21NO3/c1-2-3-7-15-14-23-19(12-10-17(21)11-13-19)20(18(15)22)16-8-5-4-6-9-16/h2,4-6,8-10,12,15H,1,3,7,11,13-14H2. The Kier molecular flexibility index (Phi) is 4.44. The first kappa shape index (κ1) is 15.7. The van der Waals surface area contributed by atoms with E-state index in [0.29, 0.717) is 19.4 Å². The van der Waals surface area contributed by atoms with Crippen molar-refractivity contribution in [2.24, 2.45) is 5.92 Å². The quantitative estimate of drug-likeness (QED) is 0.802. The third-order valence-electron chi connectivity index (χ3n) is 4.48. The Bertz CT molecular complexity index is 637. The van der Waals surface area contributed by atoms with E-state index in [1.54, 1.807) is 11.0 Å². The van der Waals surface area contributed by atoms with Crippen LogP contribution in [0.25, 0.3) is 0 Å². The van der Waals surface area contributed by atoms with Crippen LogP contribution in [0.1, 0.15) is 25.7 Å². The number of hydrogen-bond donors (Lipinski definition) is 0. The summed E-state index contributed by atoms with van der Waals surface area (Å²) in [5, 5.41) is 0. The second-order valence-corrected chi connectivity index (χ2v) is 6.03. The summed E-state index contributed by atoms with van der Waals surface area (Å²) in [7, 11) is 0.